The lowest BCUT2D eigenvalue weighted by atomic mass is 10.0. The molecule has 0 radical (unpaired) electrons. The second-order valence-electron chi connectivity index (χ2n) is 5.28. The van der Waals surface area contributed by atoms with Crippen molar-refractivity contribution >= 4 is 27.0 Å². The van der Waals surface area contributed by atoms with Gasteiger partial charge in [0.2, 0.25) is 0 Å². The maximum absolute atomic E-state index is 9.52. The summed E-state index contributed by atoms with van der Waals surface area (Å²) in [7, 11) is 0. The van der Waals surface area contributed by atoms with Crippen molar-refractivity contribution in [1.82, 2.24) is 5.32 Å². The van der Waals surface area contributed by atoms with Gasteiger partial charge in [-0.05, 0) is 54.5 Å². The summed E-state index contributed by atoms with van der Waals surface area (Å²) < 4.78 is 1.26. The number of phenolic OH excluding ortho intramolecular Hbond substituents is 1. The van der Waals surface area contributed by atoms with Gasteiger partial charge in [-0.3, -0.25) is 0 Å². The normalized spacial score (nSPS) is 26.6. The molecule has 1 fully saturated rings. The van der Waals surface area contributed by atoms with Crippen molar-refractivity contribution in [3.8, 4) is 5.75 Å². The molecule has 4 rings (SSSR count). The van der Waals surface area contributed by atoms with Crippen LogP contribution in [0.2, 0.25) is 0 Å². The predicted molar refractivity (Wildman–Crippen MR) is 76.0 cm³/mol. The number of thiophene rings is 1. The average molecular weight is 257 g/mol. The van der Waals surface area contributed by atoms with Crippen molar-refractivity contribution in [2.45, 2.75) is 31.3 Å². The van der Waals surface area contributed by atoms with Crippen molar-refractivity contribution < 1.29 is 5.11 Å². The van der Waals surface area contributed by atoms with Crippen LogP contribution in [0.1, 0.15) is 24.1 Å². The summed E-state index contributed by atoms with van der Waals surface area (Å²) in [6.45, 7) is 0. The number of benzene rings is 1. The SMILES string of the molecule is Oc1ccc2sc(C3=C[C@H]4CC[C@@H](C3)N4)cc2c1. The van der Waals surface area contributed by atoms with Gasteiger partial charge in [0.15, 0.2) is 0 Å². The minimum atomic E-state index is 0.353. The fraction of sp³-hybridized carbons (Fsp3) is 0.333. The van der Waals surface area contributed by atoms with Crippen LogP contribution in [-0.4, -0.2) is 17.2 Å². The Morgan fingerprint density at radius 2 is 2.17 bits per heavy atom. The second kappa shape index (κ2) is 3.84. The van der Waals surface area contributed by atoms with Crippen LogP contribution in [0.25, 0.3) is 15.7 Å². The van der Waals surface area contributed by atoms with Gasteiger partial charge in [-0.25, -0.2) is 0 Å². The van der Waals surface area contributed by atoms with E-state index in [1.165, 1.54) is 28.0 Å². The number of phenols is 1. The van der Waals surface area contributed by atoms with Gasteiger partial charge >= 0.3 is 0 Å². The zero-order valence-corrected chi connectivity index (χ0v) is 10.8. The summed E-state index contributed by atoms with van der Waals surface area (Å²) >= 11 is 1.84. The fourth-order valence-electron chi connectivity index (χ4n) is 3.09. The average Bonchev–Trinajstić information content (AvgIpc) is 2.92. The third-order valence-corrected chi connectivity index (χ3v) is 5.15. The van der Waals surface area contributed by atoms with Gasteiger partial charge in [-0.2, -0.15) is 0 Å². The minimum absolute atomic E-state index is 0.353. The quantitative estimate of drug-likeness (QED) is 0.819. The lowest BCUT2D eigenvalue weighted by molar-refractivity contribution is 0.476. The molecular weight excluding hydrogens is 242 g/mol. The van der Waals surface area contributed by atoms with Crippen LogP contribution in [0.15, 0.2) is 30.3 Å². The Labute approximate surface area is 110 Å². The van der Waals surface area contributed by atoms with E-state index in [1.807, 2.05) is 23.5 Å². The highest BCUT2D eigenvalue weighted by Crippen LogP contribution is 2.38. The summed E-state index contributed by atoms with van der Waals surface area (Å²) in [5, 5.41) is 14.3. The summed E-state index contributed by atoms with van der Waals surface area (Å²) in [5.41, 5.74) is 1.49. The highest BCUT2D eigenvalue weighted by atomic mass is 32.1. The van der Waals surface area contributed by atoms with Gasteiger partial charge in [0.1, 0.15) is 5.75 Å². The molecule has 2 nitrogen and oxygen atoms in total. The number of hydrogen-bond acceptors (Lipinski definition) is 3. The Bertz CT molecular complexity index is 643. The molecule has 2 aliphatic rings. The third-order valence-electron chi connectivity index (χ3n) is 3.96. The molecule has 0 unspecified atom stereocenters. The summed E-state index contributed by atoms with van der Waals surface area (Å²) in [5.74, 6) is 0.353. The Morgan fingerprint density at radius 3 is 3.06 bits per heavy atom. The molecule has 0 amide bonds. The minimum Gasteiger partial charge on any atom is -0.508 e. The van der Waals surface area contributed by atoms with Gasteiger partial charge < -0.3 is 10.4 Å². The molecule has 2 bridgehead atoms. The molecule has 92 valence electrons. The molecule has 2 aromatic rings. The number of nitrogens with one attached hydrogen (secondary N) is 1. The maximum Gasteiger partial charge on any atom is 0.116 e. The van der Waals surface area contributed by atoms with E-state index in [0.29, 0.717) is 17.8 Å². The molecule has 1 aromatic heterocycles. The van der Waals surface area contributed by atoms with E-state index in [1.54, 1.807) is 6.07 Å². The molecule has 2 aliphatic heterocycles. The molecule has 0 spiro atoms. The van der Waals surface area contributed by atoms with E-state index >= 15 is 0 Å². The largest absolute Gasteiger partial charge is 0.508 e. The number of rotatable bonds is 1. The Kier molecular flexibility index (Phi) is 2.26. The molecule has 1 aromatic carbocycles. The van der Waals surface area contributed by atoms with E-state index in [9.17, 15) is 5.11 Å². The van der Waals surface area contributed by atoms with Gasteiger partial charge in [0.05, 0.1) is 0 Å². The first-order valence-electron chi connectivity index (χ1n) is 6.47. The van der Waals surface area contributed by atoms with Crippen LogP contribution in [0, 0.1) is 0 Å². The molecule has 0 saturated carbocycles. The maximum atomic E-state index is 9.52. The van der Waals surface area contributed by atoms with E-state index in [-0.39, 0.29) is 0 Å². The van der Waals surface area contributed by atoms with Crippen LogP contribution in [0.4, 0.5) is 0 Å². The second-order valence-corrected chi connectivity index (χ2v) is 6.36. The van der Waals surface area contributed by atoms with E-state index in [0.717, 1.165) is 11.8 Å². The summed E-state index contributed by atoms with van der Waals surface area (Å²) in [6, 6.07) is 9.10. The van der Waals surface area contributed by atoms with Crippen molar-refractivity contribution in [2.75, 3.05) is 0 Å². The van der Waals surface area contributed by atoms with Crippen molar-refractivity contribution in [3.05, 3.63) is 35.2 Å². The predicted octanol–water partition coefficient (Wildman–Crippen LogP) is 3.51. The Balaban J connectivity index is 1.78. The van der Waals surface area contributed by atoms with E-state index in [4.69, 9.17) is 0 Å². The van der Waals surface area contributed by atoms with E-state index < -0.39 is 0 Å². The van der Waals surface area contributed by atoms with Crippen LogP contribution in [0.3, 0.4) is 0 Å². The Morgan fingerprint density at radius 1 is 1.22 bits per heavy atom. The standard InChI is InChI=1S/C15H15NOS/c17-13-3-4-14-10(7-13)8-15(18-14)9-5-11-1-2-12(6-9)16-11/h3-5,7-8,11-12,16-17H,1-2,6H2/t11-,12+/m1/s1. The number of hydrogen-bond donors (Lipinski definition) is 2. The molecule has 3 heteroatoms. The highest BCUT2D eigenvalue weighted by Gasteiger charge is 2.28. The van der Waals surface area contributed by atoms with Gasteiger partial charge in [0.25, 0.3) is 0 Å². The topological polar surface area (TPSA) is 32.3 Å². The molecule has 1 saturated heterocycles. The first kappa shape index (κ1) is 10.6. The van der Waals surface area contributed by atoms with Crippen LogP contribution >= 0.6 is 11.3 Å². The summed E-state index contributed by atoms with van der Waals surface area (Å²) in [4.78, 5) is 1.37. The van der Waals surface area contributed by atoms with Gasteiger partial charge in [0, 0.05) is 21.7 Å². The van der Waals surface area contributed by atoms with Crippen molar-refractivity contribution in [3.63, 3.8) is 0 Å². The Hall–Kier alpha value is -1.32. The highest BCUT2D eigenvalue weighted by molar-refractivity contribution is 7.20. The summed E-state index contributed by atoms with van der Waals surface area (Å²) in [6.07, 6.45) is 6.12. The zero-order valence-electron chi connectivity index (χ0n) is 10.0. The van der Waals surface area contributed by atoms with Crippen LogP contribution in [0.5, 0.6) is 5.75 Å². The number of fused-ring (bicyclic) bond motifs is 3. The molecular formula is C15H15NOS. The molecule has 2 N–H and O–H groups in total. The van der Waals surface area contributed by atoms with Gasteiger partial charge in [-0.15, -0.1) is 11.3 Å². The van der Waals surface area contributed by atoms with Crippen molar-refractivity contribution in [1.29, 1.82) is 0 Å². The lowest BCUT2D eigenvalue weighted by Gasteiger charge is -2.20. The number of aromatic hydroxyl groups is 1. The van der Waals surface area contributed by atoms with Crippen molar-refractivity contribution in [2.24, 2.45) is 0 Å². The fourth-order valence-corrected chi connectivity index (χ4v) is 4.17. The molecule has 3 heterocycles. The molecule has 0 aliphatic carbocycles. The first-order chi connectivity index (χ1) is 8.78. The first-order valence-corrected chi connectivity index (χ1v) is 7.29. The molecule has 18 heavy (non-hydrogen) atoms. The molecule has 2 atom stereocenters. The lowest BCUT2D eigenvalue weighted by Crippen LogP contribution is -2.31. The smallest absolute Gasteiger partial charge is 0.116 e. The zero-order chi connectivity index (χ0) is 12.1. The monoisotopic (exact) mass is 257 g/mol. The van der Waals surface area contributed by atoms with Crippen LogP contribution in [-0.2, 0) is 0 Å². The van der Waals surface area contributed by atoms with E-state index in [2.05, 4.69) is 17.5 Å². The van der Waals surface area contributed by atoms with Crippen LogP contribution < -0.4 is 5.32 Å². The third kappa shape index (κ3) is 1.66. The van der Waals surface area contributed by atoms with Gasteiger partial charge in [-0.1, -0.05) is 6.08 Å².